The van der Waals surface area contributed by atoms with Crippen LogP contribution in [0, 0.1) is 36.5 Å². The molecule has 20 heteroatoms. The van der Waals surface area contributed by atoms with Crippen LogP contribution in [0.1, 0.15) is 56.2 Å². The number of hydrogen-bond acceptors (Lipinski definition) is 10. The van der Waals surface area contributed by atoms with E-state index in [1.807, 2.05) is 4.72 Å². The van der Waals surface area contributed by atoms with Crippen LogP contribution < -0.4 is 15.4 Å². The Morgan fingerprint density at radius 1 is 0.833 bits per heavy atom. The van der Waals surface area contributed by atoms with Crippen LogP contribution in [-0.4, -0.2) is 88.9 Å². The van der Waals surface area contributed by atoms with E-state index in [-0.39, 0.29) is 52.9 Å². The van der Waals surface area contributed by atoms with E-state index < -0.39 is 39.4 Å². The number of anilines is 2. The maximum atomic E-state index is 13.1. The van der Waals surface area contributed by atoms with Gasteiger partial charge in [0.15, 0.2) is 9.34 Å². The number of carbonyl (C=O) groups is 2. The Labute approximate surface area is 312 Å². The number of aliphatic hydroxyl groups is 1. The summed E-state index contributed by atoms with van der Waals surface area (Å²) in [5.74, 6) is 3.31. The standard InChI is InChI=1S/C34H44F6N4O8S2/c1-20-30(54(48,49)44-26-4-2-25(3-5-26)32(47,33(35,36)37)34(38,39)40)53-31(42-20)43-28(45)6-8-50-10-12-52-13-11-51-9-7-41-29(46)19-27-23-15-21-14-22(17-23)18-24(27)16-21/h2-5,21-24,27,44,47H,6-19H2,1H3,(H,41,46)(H,42,43,45). The molecule has 0 atom stereocenters. The quantitative estimate of drug-likeness (QED) is 0.106. The minimum Gasteiger partial charge on any atom is -0.379 e. The lowest BCUT2D eigenvalue weighted by atomic mass is 9.51. The Hall–Kier alpha value is -3.04. The monoisotopic (exact) mass is 814 g/mol. The fourth-order valence-corrected chi connectivity index (χ4v) is 10.5. The summed E-state index contributed by atoms with van der Waals surface area (Å²) in [5.41, 5.74) is -7.14. The number of hydrogen-bond donors (Lipinski definition) is 4. The molecule has 1 aromatic carbocycles. The largest absolute Gasteiger partial charge is 0.430 e. The van der Waals surface area contributed by atoms with Crippen LogP contribution in [0.25, 0.3) is 0 Å². The molecule has 1 heterocycles. The number of halogens is 6. The molecule has 12 nitrogen and oxygen atoms in total. The van der Waals surface area contributed by atoms with Gasteiger partial charge in [0.2, 0.25) is 11.8 Å². The molecule has 54 heavy (non-hydrogen) atoms. The van der Waals surface area contributed by atoms with Crippen molar-refractivity contribution in [1.29, 1.82) is 0 Å². The van der Waals surface area contributed by atoms with Crippen LogP contribution in [0.5, 0.6) is 0 Å². The molecule has 2 amide bonds. The molecule has 4 aliphatic carbocycles. The Morgan fingerprint density at radius 3 is 1.93 bits per heavy atom. The maximum absolute atomic E-state index is 13.1. The predicted molar refractivity (Wildman–Crippen MR) is 184 cm³/mol. The number of carbonyl (C=O) groups excluding carboxylic acids is 2. The Bertz CT molecular complexity index is 1660. The number of aryl methyl sites for hydroxylation is 1. The second-order valence-electron chi connectivity index (χ2n) is 14.1. The first-order valence-corrected chi connectivity index (χ1v) is 19.9. The van der Waals surface area contributed by atoms with Crippen LogP contribution in [0.3, 0.4) is 0 Å². The second-order valence-corrected chi connectivity index (χ2v) is 16.9. The summed E-state index contributed by atoms with van der Waals surface area (Å²) in [6.45, 7) is 3.29. The van der Waals surface area contributed by atoms with Crippen LogP contribution >= 0.6 is 11.3 Å². The lowest BCUT2D eigenvalue weighted by Crippen LogP contribution is -2.53. The highest BCUT2D eigenvalue weighted by atomic mass is 32.2. The second kappa shape index (κ2) is 17.4. The van der Waals surface area contributed by atoms with Gasteiger partial charge in [0.25, 0.3) is 15.6 Å². The number of rotatable bonds is 19. The van der Waals surface area contributed by atoms with Crippen molar-refractivity contribution < 1.29 is 63.7 Å². The average Bonchev–Trinajstić information content (AvgIpc) is 3.45. The fraction of sp³-hybridized carbons (Fsp3) is 0.676. The third kappa shape index (κ3) is 10.2. The van der Waals surface area contributed by atoms with Crippen LogP contribution in [-0.2, 0) is 39.4 Å². The van der Waals surface area contributed by atoms with Gasteiger partial charge in [-0.1, -0.05) is 23.5 Å². The van der Waals surface area contributed by atoms with Gasteiger partial charge < -0.3 is 30.0 Å². The summed E-state index contributed by atoms with van der Waals surface area (Å²) in [5, 5.41) is 14.9. The van der Waals surface area contributed by atoms with Crippen molar-refractivity contribution in [2.45, 2.75) is 74.0 Å². The Morgan fingerprint density at radius 2 is 1.37 bits per heavy atom. The van der Waals surface area contributed by atoms with Crippen molar-refractivity contribution >= 4 is 44.0 Å². The van der Waals surface area contributed by atoms with E-state index in [1.54, 1.807) is 0 Å². The number of ether oxygens (including phenoxy) is 3. The SMILES string of the molecule is Cc1nc(NC(=O)CCOCCOCCOCCNC(=O)CC2C3CC4CC(C3)CC2C4)sc1S(=O)(=O)Nc1ccc(C(O)(C(F)(F)F)C(F)(F)F)cc1. The van der Waals surface area contributed by atoms with Crippen LogP contribution in [0.15, 0.2) is 28.5 Å². The predicted octanol–water partition coefficient (Wildman–Crippen LogP) is 5.52. The molecule has 4 bridgehead atoms. The van der Waals surface area contributed by atoms with E-state index in [4.69, 9.17) is 14.2 Å². The first-order valence-electron chi connectivity index (χ1n) is 17.6. The molecule has 0 spiro atoms. The van der Waals surface area contributed by atoms with E-state index in [1.165, 1.54) is 39.0 Å². The number of benzene rings is 1. The summed E-state index contributed by atoms with van der Waals surface area (Å²) in [6.07, 6.45) is -5.10. The Kier molecular flexibility index (Phi) is 13.6. The first-order chi connectivity index (χ1) is 25.4. The van der Waals surface area contributed by atoms with Gasteiger partial charge in [0.05, 0.1) is 51.8 Å². The normalized spacial score (nSPS) is 22.7. The van der Waals surface area contributed by atoms with Gasteiger partial charge >= 0.3 is 12.4 Å². The van der Waals surface area contributed by atoms with Crippen molar-refractivity contribution in [3.8, 4) is 0 Å². The highest BCUT2D eigenvalue weighted by Gasteiger charge is 2.71. The molecule has 4 fully saturated rings. The zero-order valence-electron chi connectivity index (χ0n) is 29.4. The number of sulfonamides is 1. The van der Waals surface area contributed by atoms with Gasteiger partial charge in [-0.15, -0.1) is 0 Å². The zero-order valence-corrected chi connectivity index (χ0v) is 31.1. The number of amides is 2. The van der Waals surface area contributed by atoms with E-state index in [2.05, 4.69) is 15.6 Å². The summed E-state index contributed by atoms with van der Waals surface area (Å²) in [7, 11) is -4.43. The molecule has 0 aliphatic heterocycles. The first kappa shape index (κ1) is 42.1. The van der Waals surface area contributed by atoms with Crippen molar-refractivity contribution in [2.75, 3.05) is 56.2 Å². The van der Waals surface area contributed by atoms with Gasteiger partial charge in [-0.3, -0.25) is 14.3 Å². The van der Waals surface area contributed by atoms with Gasteiger partial charge in [-0.25, -0.2) is 13.4 Å². The molecular formula is C34H44F6N4O8S2. The van der Waals surface area contributed by atoms with E-state index in [0.29, 0.717) is 74.3 Å². The lowest BCUT2D eigenvalue weighted by molar-refractivity contribution is -0.376. The van der Waals surface area contributed by atoms with E-state index in [0.717, 1.165) is 23.7 Å². The Balaban J connectivity index is 0.919. The average molecular weight is 815 g/mol. The molecule has 302 valence electrons. The maximum Gasteiger partial charge on any atom is 0.430 e. The fourth-order valence-electron chi connectivity index (χ4n) is 7.96. The number of alkyl halides is 6. The number of nitrogens with one attached hydrogen (secondary N) is 3. The number of thiazole rings is 1. The lowest BCUT2D eigenvalue weighted by Gasteiger charge is -2.54. The summed E-state index contributed by atoms with van der Waals surface area (Å²) < 4.78 is 123. The van der Waals surface area contributed by atoms with Crippen molar-refractivity contribution in [3.05, 3.63) is 35.5 Å². The topological polar surface area (TPSA) is 165 Å². The third-order valence-electron chi connectivity index (χ3n) is 10.2. The summed E-state index contributed by atoms with van der Waals surface area (Å²) >= 11 is 0.576. The van der Waals surface area contributed by atoms with E-state index in [9.17, 15) is 49.5 Å². The molecule has 2 aromatic rings. The minimum atomic E-state index is -6.10. The highest BCUT2D eigenvalue weighted by Crippen LogP contribution is 2.57. The summed E-state index contributed by atoms with van der Waals surface area (Å²) in [4.78, 5) is 28.8. The highest BCUT2D eigenvalue weighted by molar-refractivity contribution is 7.94. The van der Waals surface area contributed by atoms with Crippen LogP contribution in [0.4, 0.5) is 37.2 Å². The van der Waals surface area contributed by atoms with Gasteiger partial charge in [0, 0.05) is 24.2 Å². The van der Waals surface area contributed by atoms with Gasteiger partial charge in [-0.05, 0) is 80.8 Å². The molecule has 1 aromatic heterocycles. The van der Waals surface area contributed by atoms with Crippen molar-refractivity contribution in [3.63, 3.8) is 0 Å². The van der Waals surface area contributed by atoms with Crippen molar-refractivity contribution in [1.82, 2.24) is 10.3 Å². The molecule has 0 saturated heterocycles. The van der Waals surface area contributed by atoms with Gasteiger partial charge in [0.1, 0.15) is 0 Å². The molecule has 4 N–H and O–H groups in total. The van der Waals surface area contributed by atoms with Crippen LogP contribution in [0.2, 0.25) is 0 Å². The molecular weight excluding hydrogens is 771 g/mol. The third-order valence-corrected chi connectivity index (χ3v) is 13.3. The van der Waals surface area contributed by atoms with Gasteiger partial charge in [-0.2, -0.15) is 26.3 Å². The summed E-state index contributed by atoms with van der Waals surface area (Å²) in [6, 6.07) is 1.89. The molecule has 6 rings (SSSR count). The van der Waals surface area contributed by atoms with E-state index >= 15 is 0 Å². The smallest absolute Gasteiger partial charge is 0.379 e. The number of aromatic nitrogens is 1. The zero-order chi connectivity index (χ0) is 39.3. The molecule has 0 radical (unpaired) electrons. The molecule has 0 unspecified atom stereocenters. The molecule has 4 saturated carbocycles. The molecule has 4 aliphatic rings. The van der Waals surface area contributed by atoms with Crippen molar-refractivity contribution in [2.24, 2.45) is 29.6 Å². The number of nitrogens with zero attached hydrogens (tertiary/aromatic N) is 1. The minimum absolute atomic E-state index is 0.0276.